The molecular formula is C25H28FN3O4. The lowest BCUT2D eigenvalue weighted by atomic mass is 9.96. The monoisotopic (exact) mass is 453 g/mol. The van der Waals surface area contributed by atoms with Crippen molar-refractivity contribution in [2.24, 2.45) is 0 Å². The van der Waals surface area contributed by atoms with Crippen LogP contribution in [0.4, 0.5) is 4.39 Å². The number of aliphatic hydroxyl groups is 1. The number of rotatable bonds is 7. The third-order valence-corrected chi connectivity index (χ3v) is 6.67. The van der Waals surface area contributed by atoms with Crippen molar-refractivity contribution < 1.29 is 23.8 Å². The summed E-state index contributed by atoms with van der Waals surface area (Å²) in [6.45, 7) is 6.90. The molecule has 1 N–H and O–H groups in total. The normalized spacial score (nSPS) is 17.4. The van der Waals surface area contributed by atoms with Crippen molar-refractivity contribution in [3.05, 3.63) is 63.5 Å². The van der Waals surface area contributed by atoms with Crippen molar-refractivity contribution in [3.63, 3.8) is 0 Å². The van der Waals surface area contributed by atoms with E-state index in [4.69, 9.17) is 14.7 Å². The zero-order valence-electron chi connectivity index (χ0n) is 18.9. The third-order valence-electron chi connectivity index (χ3n) is 6.67. The fourth-order valence-corrected chi connectivity index (χ4v) is 4.57. The fourth-order valence-electron chi connectivity index (χ4n) is 4.57. The van der Waals surface area contributed by atoms with Crippen LogP contribution in [0.2, 0.25) is 0 Å². The number of nitriles is 1. The average Bonchev–Trinajstić information content (AvgIpc) is 3.20. The van der Waals surface area contributed by atoms with Crippen LogP contribution >= 0.6 is 0 Å². The van der Waals surface area contributed by atoms with Gasteiger partial charge < -0.3 is 19.5 Å². The molecule has 0 bridgehead atoms. The molecular weight excluding hydrogens is 425 g/mol. The molecule has 0 aromatic heterocycles. The Labute approximate surface area is 192 Å². The second-order valence-corrected chi connectivity index (χ2v) is 8.55. The van der Waals surface area contributed by atoms with Gasteiger partial charge in [0.25, 0.3) is 0 Å². The molecule has 0 spiro atoms. The molecule has 2 aliphatic rings. The van der Waals surface area contributed by atoms with E-state index in [1.807, 2.05) is 25.1 Å². The number of benzene rings is 2. The third kappa shape index (κ3) is 4.86. The van der Waals surface area contributed by atoms with E-state index in [1.54, 1.807) is 0 Å². The Bertz CT molecular complexity index is 1090. The molecule has 2 heterocycles. The number of piperazine rings is 1. The minimum atomic E-state index is -1.00. The summed E-state index contributed by atoms with van der Waals surface area (Å²) in [6, 6.07) is 8.30. The summed E-state index contributed by atoms with van der Waals surface area (Å²) in [5, 5.41) is 19.7. The molecule has 8 heteroatoms. The maximum Gasteiger partial charge on any atom is 0.338 e. The Hall–Kier alpha value is -2.99. The van der Waals surface area contributed by atoms with Gasteiger partial charge in [0.1, 0.15) is 24.2 Å². The van der Waals surface area contributed by atoms with Crippen LogP contribution in [0.1, 0.15) is 44.3 Å². The summed E-state index contributed by atoms with van der Waals surface area (Å²) in [4.78, 5) is 16.2. The number of carbonyl (C=O) groups excluding carboxylic acids is 1. The van der Waals surface area contributed by atoms with Crippen LogP contribution in [0.15, 0.2) is 24.3 Å². The highest BCUT2D eigenvalue weighted by molar-refractivity contribution is 5.93. The summed E-state index contributed by atoms with van der Waals surface area (Å²) in [5.74, 6) is -0.580. The molecule has 174 valence electrons. The van der Waals surface area contributed by atoms with Gasteiger partial charge in [-0.05, 0) is 42.7 Å². The first kappa shape index (κ1) is 23.2. The van der Waals surface area contributed by atoms with E-state index >= 15 is 0 Å². The molecule has 1 saturated heterocycles. The summed E-state index contributed by atoms with van der Waals surface area (Å²) >= 11 is 0. The van der Waals surface area contributed by atoms with Gasteiger partial charge in [-0.25, -0.2) is 9.18 Å². The van der Waals surface area contributed by atoms with Gasteiger partial charge in [-0.2, -0.15) is 5.26 Å². The molecule has 2 aromatic rings. The predicted octanol–water partition coefficient (Wildman–Crippen LogP) is 2.58. The molecule has 0 radical (unpaired) electrons. The number of hydrogen-bond donors (Lipinski definition) is 1. The lowest BCUT2D eigenvalue weighted by Crippen LogP contribution is -2.48. The highest BCUT2D eigenvalue weighted by atomic mass is 19.1. The van der Waals surface area contributed by atoms with E-state index in [0.717, 1.165) is 56.3 Å². The Balaban J connectivity index is 1.29. The second kappa shape index (κ2) is 9.87. The van der Waals surface area contributed by atoms with E-state index in [9.17, 15) is 14.3 Å². The first-order valence-corrected chi connectivity index (χ1v) is 11.1. The van der Waals surface area contributed by atoms with Crippen molar-refractivity contribution in [1.29, 1.82) is 5.26 Å². The van der Waals surface area contributed by atoms with Gasteiger partial charge >= 0.3 is 5.97 Å². The molecule has 7 nitrogen and oxygen atoms in total. The van der Waals surface area contributed by atoms with Crippen molar-refractivity contribution in [3.8, 4) is 11.8 Å². The molecule has 0 amide bonds. The van der Waals surface area contributed by atoms with Gasteiger partial charge in [-0.1, -0.05) is 6.07 Å². The highest BCUT2D eigenvalue weighted by Gasteiger charge is 2.25. The maximum absolute atomic E-state index is 14.4. The maximum atomic E-state index is 14.4. The smallest absolute Gasteiger partial charge is 0.338 e. The SMILES string of the molecule is COc1cc(C(O)CN2CCN(CCc3ccc4c(c3C)COC4=O)CC2)c(F)cc1C#N. The van der Waals surface area contributed by atoms with E-state index in [-0.39, 0.29) is 22.8 Å². The Kier molecular flexibility index (Phi) is 6.94. The summed E-state index contributed by atoms with van der Waals surface area (Å²) < 4.78 is 24.7. The predicted molar refractivity (Wildman–Crippen MR) is 120 cm³/mol. The summed E-state index contributed by atoms with van der Waals surface area (Å²) in [5.41, 5.74) is 4.30. The highest BCUT2D eigenvalue weighted by Crippen LogP contribution is 2.28. The van der Waals surface area contributed by atoms with Gasteiger partial charge in [0.15, 0.2) is 0 Å². The largest absolute Gasteiger partial charge is 0.495 e. The van der Waals surface area contributed by atoms with Crippen molar-refractivity contribution in [2.45, 2.75) is 26.1 Å². The number of hydrogen-bond acceptors (Lipinski definition) is 7. The first-order valence-electron chi connectivity index (χ1n) is 11.1. The van der Waals surface area contributed by atoms with Gasteiger partial charge in [0.2, 0.25) is 0 Å². The molecule has 33 heavy (non-hydrogen) atoms. The number of aliphatic hydroxyl groups excluding tert-OH is 1. The second-order valence-electron chi connectivity index (χ2n) is 8.55. The van der Waals surface area contributed by atoms with Crippen LogP contribution in [0, 0.1) is 24.1 Å². The van der Waals surface area contributed by atoms with Crippen LogP contribution in [0.25, 0.3) is 0 Å². The number of fused-ring (bicyclic) bond motifs is 1. The number of carbonyl (C=O) groups is 1. The molecule has 0 aliphatic carbocycles. The molecule has 1 unspecified atom stereocenters. The molecule has 0 saturated carbocycles. The number of β-amino-alcohol motifs (C(OH)–C–C–N with tert-alkyl or cyclic N) is 1. The zero-order chi connectivity index (χ0) is 23.5. The number of nitrogens with zero attached hydrogens (tertiary/aromatic N) is 3. The van der Waals surface area contributed by atoms with Crippen molar-refractivity contribution in [2.75, 3.05) is 46.4 Å². The van der Waals surface area contributed by atoms with Crippen LogP contribution in [-0.4, -0.2) is 67.3 Å². The molecule has 4 rings (SSSR count). The summed E-state index contributed by atoms with van der Waals surface area (Å²) in [7, 11) is 1.42. The quantitative estimate of drug-likeness (QED) is 0.645. The number of cyclic esters (lactones) is 1. The molecule has 1 atom stereocenters. The van der Waals surface area contributed by atoms with E-state index in [0.29, 0.717) is 18.7 Å². The van der Waals surface area contributed by atoms with Crippen LogP contribution in [-0.2, 0) is 17.8 Å². The fraction of sp³-hybridized carbons (Fsp3) is 0.440. The van der Waals surface area contributed by atoms with Crippen molar-refractivity contribution >= 4 is 5.97 Å². The van der Waals surface area contributed by atoms with Gasteiger partial charge in [-0.15, -0.1) is 0 Å². The lowest BCUT2D eigenvalue weighted by Gasteiger charge is -2.35. The van der Waals surface area contributed by atoms with Crippen LogP contribution in [0.5, 0.6) is 5.75 Å². The minimum Gasteiger partial charge on any atom is -0.495 e. The first-order chi connectivity index (χ1) is 15.9. The average molecular weight is 454 g/mol. The Morgan fingerprint density at radius 3 is 2.67 bits per heavy atom. The topological polar surface area (TPSA) is 86.0 Å². The lowest BCUT2D eigenvalue weighted by molar-refractivity contribution is 0.0534. The van der Waals surface area contributed by atoms with E-state index < -0.39 is 11.9 Å². The van der Waals surface area contributed by atoms with E-state index in [2.05, 4.69) is 9.80 Å². The summed E-state index contributed by atoms with van der Waals surface area (Å²) in [6.07, 6.45) is -0.108. The Morgan fingerprint density at radius 1 is 1.24 bits per heavy atom. The van der Waals surface area contributed by atoms with E-state index in [1.165, 1.54) is 18.7 Å². The van der Waals surface area contributed by atoms with Gasteiger partial charge in [-0.3, -0.25) is 4.90 Å². The Morgan fingerprint density at radius 2 is 1.97 bits per heavy atom. The molecule has 2 aromatic carbocycles. The number of ether oxygens (including phenoxy) is 2. The number of halogens is 1. The van der Waals surface area contributed by atoms with Crippen LogP contribution < -0.4 is 4.74 Å². The molecule has 1 fully saturated rings. The van der Waals surface area contributed by atoms with Gasteiger partial charge in [0, 0.05) is 50.4 Å². The number of methoxy groups -OCH3 is 1. The van der Waals surface area contributed by atoms with Gasteiger partial charge in [0.05, 0.1) is 24.3 Å². The molecule has 2 aliphatic heterocycles. The standard InChI is InChI=1S/C25H28FN3O4/c1-16-17(3-4-19-21(16)15-33-25(19)31)5-6-28-7-9-29(10-8-28)14-23(30)20-12-24(32-2)18(13-27)11-22(20)26/h3-4,11-12,23,30H,5-10,14-15H2,1-2H3. The number of esters is 1. The van der Waals surface area contributed by atoms with Crippen molar-refractivity contribution in [1.82, 2.24) is 9.80 Å². The minimum absolute atomic E-state index is 0.109. The van der Waals surface area contributed by atoms with Crippen LogP contribution in [0.3, 0.4) is 0 Å². The zero-order valence-corrected chi connectivity index (χ0v) is 18.9.